The van der Waals surface area contributed by atoms with E-state index in [-0.39, 0.29) is 30.5 Å². The van der Waals surface area contributed by atoms with Gasteiger partial charge in [-0.3, -0.25) is 4.79 Å². The second-order valence-electron chi connectivity index (χ2n) is 8.63. The van der Waals surface area contributed by atoms with Gasteiger partial charge in [-0.25, -0.2) is 0 Å². The van der Waals surface area contributed by atoms with Crippen molar-refractivity contribution in [2.75, 3.05) is 26.2 Å². The quantitative estimate of drug-likeness (QED) is 0.220. The van der Waals surface area contributed by atoms with Crippen LogP contribution in [-0.4, -0.2) is 79.9 Å². The van der Waals surface area contributed by atoms with Crippen LogP contribution in [0.3, 0.4) is 0 Å². The van der Waals surface area contributed by atoms with Crippen LogP contribution in [-0.2, 0) is 14.3 Å². The smallest absolute Gasteiger partial charge is 0.221 e. The Morgan fingerprint density at radius 2 is 2.17 bits per heavy atom. The number of allylic oxidation sites excluding steroid dienone is 1. The van der Waals surface area contributed by atoms with Crippen LogP contribution in [0.5, 0.6) is 0 Å². The van der Waals surface area contributed by atoms with E-state index in [0.717, 1.165) is 38.1 Å². The molecule has 3 aliphatic rings. The highest BCUT2D eigenvalue weighted by atomic mass is 16.7. The second-order valence-corrected chi connectivity index (χ2v) is 8.63. The van der Waals surface area contributed by atoms with Crippen LogP contribution in [0.2, 0.25) is 0 Å². The lowest BCUT2D eigenvalue weighted by atomic mass is 9.86. The van der Waals surface area contributed by atoms with Gasteiger partial charge in [0.25, 0.3) is 0 Å². The van der Waals surface area contributed by atoms with Crippen LogP contribution in [0.4, 0.5) is 0 Å². The third-order valence-electron chi connectivity index (χ3n) is 5.93. The fraction of sp³-hybridized carbons (Fsp3) is 0.850. The van der Waals surface area contributed by atoms with Gasteiger partial charge in [-0.1, -0.05) is 0 Å². The number of hydrogen-bond acceptors (Lipinski definition) is 9. The van der Waals surface area contributed by atoms with Gasteiger partial charge in [-0.15, -0.1) is 0 Å². The minimum absolute atomic E-state index is 0.117. The lowest BCUT2D eigenvalue weighted by molar-refractivity contribution is -0.195. The molecule has 0 radical (unpaired) electrons. The van der Waals surface area contributed by atoms with Crippen LogP contribution in [0.15, 0.2) is 11.8 Å². The lowest BCUT2D eigenvalue weighted by Crippen LogP contribution is -2.57. The van der Waals surface area contributed by atoms with Crippen molar-refractivity contribution in [1.82, 2.24) is 16.0 Å². The Labute approximate surface area is 178 Å². The van der Waals surface area contributed by atoms with Crippen molar-refractivity contribution in [3.63, 3.8) is 0 Å². The zero-order valence-electron chi connectivity index (χ0n) is 17.6. The number of aliphatic hydroxyl groups is 1. The molecule has 0 aromatic carbocycles. The van der Waals surface area contributed by atoms with Crippen molar-refractivity contribution in [3.05, 3.63) is 11.8 Å². The van der Waals surface area contributed by atoms with E-state index in [0.29, 0.717) is 32.0 Å². The van der Waals surface area contributed by atoms with Crippen LogP contribution >= 0.6 is 0 Å². The molecule has 1 saturated heterocycles. The molecule has 0 aromatic heterocycles. The highest BCUT2D eigenvalue weighted by molar-refractivity contribution is 5.76. The Kier molecular flexibility index (Phi) is 8.87. The van der Waals surface area contributed by atoms with E-state index in [2.05, 4.69) is 22.0 Å². The SMILES string of the molecule is NCCC(=O)N[C@H]1C[C@@H](O)[C@H](O[C@@H]2CCC=C(CNC[C@@H]3C[C@H](N)CN3)O2)[C@@H](N)C1. The van der Waals surface area contributed by atoms with Crippen LogP contribution in [0.25, 0.3) is 0 Å². The van der Waals surface area contributed by atoms with Gasteiger partial charge in [0.1, 0.15) is 11.9 Å². The number of carbonyl (C=O) groups is 1. The van der Waals surface area contributed by atoms with Crippen molar-refractivity contribution < 1.29 is 19.4 Å². The highest BCUT2D eigenvalue weighted by Gasteiger charge is 2.38. The summed E-state index contributed by atoms with van der Waals surface area (Å²) in [6.07, 6.45) is 4.13. The molecular formula is C20H38N6O4. The molecule has 7 atom stereocenters. The summed E-state index contributed by atoms with van der Waals surface area (Å²) in [6, 6.07) is 0.0770. The van der Waals surface area contributed by atoms with Crippen LogP contribution in [0, 0.1) is 0 Å². The van der Waals surface area contributed by atoms with E-state index in [9.17, 15) is 9.90 Å². The highest BCUT2D eigenvalue weighted by Crippen LogP contribution is 2.26. The number of aliphatic hydroxyl groups excluding tert-OH is 1. The molecule has 10 heteroatoms. The van der Waals surface area contributed by atoms with Crippen molar-refractivity contribution >= 4 is 5.91 Å². The molecule has 1 aliphatic carbocycles. The third kappa shape index (κ3) is 6.88. The number of hydrogen-bond donors (Lipinski definition) is 7. The molecule has 0 unspecified atom stereocenters. The summed E-state index contributed by atoms with van der Waals surface area (Å²) in [5.41, 5.74) is 17.6. The van der Waals surface area contributed by atoms with Gasteiger partial charge in [0.2, 0.25) is 5.91 Å². The molecule has 3 rings (SSSR count). The normalized spacial score (nSPS) is 36.8. The number of amides is 1. The summed E-state index contributed by atoms with van der Waals surface area (Å²) < 4.78 is 12.0. The lowest BCUT2D eigenvalue weighted by Gasteiger charge is -2.40. The summed E-state index contributed by atoms with van der Waals surface area (Å²) in [7, 11) is 0. The maximum atomic E-state index is 11.8. The minimum atomic E-state index is -0.759. The average molecular weight is 427 g/mol. The molecule has 0 spiro atoms. The fourth-order valence-electron chi connectivity index (χ4n) is 4.43. The van der Waals surface area contributed by atoms with Crippen molar-refractivity contribution in [3.8, 4) is 0 Å². The van der Waals surface area contributed by atoms with E-state index >= 15 is 0 Å². The predicted molar refractivity (Wildman–Crippen MR) is 113 cm³/mol. The topological polar surface area (TPSA) is 170 Å². The Bertz CT molecular complexity index is 580. The van der Waals surface area contributed by atoms with Gasteiger partial charge in [-0.05, 0) is 31.8 Å². The van der Waals surface area contributed by atoms with Crippen molar-refractivity contribution in [2.24, 2.45) is 17.2 Å². The molecule has 2 aliphatic heterocycles. The average Bonchev–Trinajstić information content (AvgIpc) is 3.10. The fourth-order valence-corrected chi connectivity index (χ4v) is 4.43. The first-order valence-electron chi connectivity index (χ1n) is 11.1. The predicted octanol–water partition coefficient (Wildman–Crippen LogP) is -2.01. The van der Waals surface area contributed by atoms with E-state index in [1.807, 2.05) is 0 Å². The number of nitrogens with two attached hydrogens (primary N) is 3. The summed E-state index contributed by atoms with van der Waals surface area (Å²) >= 11 is 0. The molecule has 0 aromatic rings. The Hall–Kier alpha value is -1.27. The summed E-state index contributed by atoms with van der Waals surface area (Å²) in [5, 5.41) is 20.2. The minimum Gasteiger partial charge on any atom is -0.468 e. The van der Waals surface area contributed by atoms with Gasteiger partial charge in [0, 0.05) is 56.6 Å². The molecule has 10 nitrogen and oxygen atoms in total. The third-order valence-corrected chi connectivity index (χ3v) is 5.93. The molecule has 10 N–H and O–H groups in total. The maximum Gasteiger partial charge on any atom is 0.221 e. The van der Waals surface area contributed by atoms with Crippen molar-refractivity contribution in [1.29, 1.82) is 0 Å². The molecule has 0 bridgehead atoms. The van der Waals surface area contributed by atoms with Gasteiger partial charge < -0.3 is 47.7 Å². The first kappa shape index (κ1) is 23.4. The first-order valence-corrected chi connectivity index (χ1v) is 11.1. The van der Waals surface area contributed by atoms with Crippen molar-refractivity contribution in [2.45, 2.75) is 81.2 Å². The van der Waals surface area contributed by atoms with Crippen LogP contribution < -0.4 is 33.2 Å². The first-order chi connectivity index (χ1) is 14.4. The Morgan fingerprint density at radius 1 is 1.33 bits per heavy atom. The van der Waals surface area contributed by atoms with E-state index < -0.39 is 18.5 Å². The number of rotatable bonds is 9. The standard InChI is InChI=1S/C20H38N6O4/c21-5-4-18(28)26-13-7-16(23)20(17(27)8-13)30-19-3-1-2-15(29-19)11-24-10-14-6-12(22)9-25-14/h2,12-14,16-17,19-20,24-25,27H,1,3-11,21-23H2,(H,26,28)/t12-,13+,14-,16-,17+,19+,20+/m0/s1. The van der Waals surface area contributed by atoms with Gasteiger partial charge >= 0.3 is 0 Å². The van der Waals surface area contributed by atoms with E-state index in [4.69, 9.17) is 26.7 Å². The Balaban J connectivity index is 1.40. The summed E-state index contributed by atoms with van der Waals surface area (Å²) in [4.78, 5) is 11.8. The second kappa shape index (κ2) is 11.4. The number of carbonyl (C=O) groups excluding carboxylic acids is 1. The van der Waals surface area contributed by atoms with Crippen LogP contribution in [0.1, 0.15) is 38.5 Å². The molecule has 172 valence electrons. The molecule has 2 heterocycles. The number of ether oxygens (including phenoxy) is 2. The van der Waals surface area contributed by atoms with Gasteiger partial charge in [0.05, 0.1) is 12.6 Å². The summed E-state index contributed by atoms with van der Waals surface area (Å²) in [6.45, 7) is 2.63. The molecule has 1 saturated carbocycles. The molecule has 30 heavy (non-hydrogen) atoms. The molecular weight excluding hydrogens is 388 g/mol. The Morgan fingerprint density at radius 3 is 2.87 bits per heavy atom. The number of nitrogens with one attached hydrogen (secondary N) is 3. The zero-order valence-corrected chi connectivity index (χ0v) is 17.6. The summed E-state index contributed by atoms with van der Waals surface area (Å²) in [5.74, 6) is 0.730. The zero-order chi connectivity index (χ0) is 21.5. The largest absolute Gasteiger partial charge is 0.468 e. The van der Waals surface area contributed by atoms with Gasteiger partial charge in [0.15, 0.2) is 6.29 Å². The monoisotopic (exact) mass is 426 g/mol. The van der Waals surface area contributed by atoms with E-state index in [1.165, 1.54) is 0 Å². The van der Waals surface area contributed by atoms with Gasteiger partial charge in [-0.2, -0.15) is 0 Å². The molecule has 2 fully saturated rings. The molecule has 1 amide bonds. The van der Waals surface area contributed by atoms with E-state index in [1.54, 1.807) is 0 Å². The maximum absolute atomic E-state index is 11.8.